The zero-order chi connectivity index (χ0) is 10.2. The van der Waals surface area contributed by atoms with Gasteiger partial charge in [0, 0.05) is 12.4 Å². The third-order valence-corrected chi connectivity index (χ3v) is 2.16. The van der Waals surface area contributed by atoms with Gasteiger partial charge in [-0.2, -0.15) is 0 Å². The van der Waals surface area contributed by atoms with E-state index in [0.29, 0.717) is 5.88 Å². The number of hydrogen-bond donors (Lipinski definition) is 1. The summed E-state index contributed by atoms with van der Waals surface area (Å²) >= 11 is 5.57. The van der Waals surface area contributed by atoms with Crippen LogP contribution in [0.4, 0.5) is 0 Å². The molecule has 2 heteroatoms. The van der Waals surface area contributed by atoms with Gasteiger partial charge in [-0.25, -0.2) is 0 Å². The summed E-state index contributed by atoms with van der Waals surface area (Å²) < 4.78 is 0. The van der Waals surface area contributed by atoms with Crippen molar-refractivity contribution >= 4 is 17.7 Å². The van der Waals surface area contributed by atoms with Crippen LogP contribution in [0.2, 0.25) is 0 Å². The molecule has 1 aromatic rings. The largest absolute Gasteiger partial charge is 0.316 e. The maximum absolute atomic E-state index is 5.57. The number of hydrogen-bond acceptors (Lipinski definition) is 1. The Kier molecular flexibility index (Phi) is 5.35. The highest BCUT2D eigenvalue weighted by Crippen LogP contribution is 2.06. The van der Waals surface area contributed by atoms with Crippen LogP contribution in [-0.4, -0.2) is 12.9 Å². The Labute approximate surface area is 90.8 Å². The van der Waals surface area contributed by atoms with E-state index < -0.39 is 0 Å². The van der Waals surface area contributed by atoms with Gasteiger partial charge in [-0.15, -0.1) is 11.6 Å². The summed E-state index contributed by atoms with van der Waals surface area (Å²) in [5.74, 6) is 0.689. The lowest BCUT2D eigenvalue weighted by molar-refractivity contribution is 0.818. The molecule has 0 spiro atoms. The second-order valence-electron chi connectivity index (χ2n) is 3.15. The highest BCUT2D eigenvalue weighted by Gasteiger charge is 1.89. The summed E-state index contributed by atoms with van der Waals surface area (Å²) in [4.78, 5) is 0. The van der Waals surface area contributed by atoms with Crippen molar-refractivity contribution in [1.29, 1.82) is 0 Å². The topological polar surface area (TPSA) is 12.0 Å². The summed E-state index contributed by atoms with van der Waals surface area (Å²) in [6.07, 6.45) is 5.13. The maximum atomic E-state index is 5.57. The van der Waals surface area contributed by atoms with Crippen molar-refractivity contribution in [3.8, 4) is 0 Å². The summed E-state index contributed by atoms with van der Waals surface area (Å²) in [7, 11) is 1.95. The van der Waals surface area contributed by atoms with Gasteiger partial charge in [0.05, 0.1) is 0 Å². The number of benzene rings is 1. The Morgan fingerprint density at radius 2 is 2.00 bits per heavy atom. The minimum absolute atomic E-state index is 0.689. The summed E-state index contributed by atoms with van der Waals surface area (Å²) in [6.45, 7) is 0.922. The van der Waals surface area contributed by atoms with Gasteiger partial charge in [0.15, 0.2) is 0 Å². The molecule has 0 aromatic heterocycles. The van der Waals surface area contributed by atoms with Crippen LogP contribution in [0.15, 0.2) is 30.3 Å². The third-order valence-electron chi connectivity index (χ3n) is 1.95. The molecule has 0 radical (unpaired) electrons. The number of nitrogens with one attached hydrogen (secondary N) is 1. The van der Waals surface area contributed by atoms with Gasteiger partial charge in [-0.1, -0.05) is 36.4 Å². The molecule has 1 N–H and O–H groups in total. The van der Waals surface area contributed by atoms with E-state index in [-0.39, 0.29) is 0 Å². The molecule has 0 saturated heterocycles. The molecule has 0 heterocycles. The van der Waals surface area contributed by atoms with Gasteiger partial charge in [0.25, 0.3) is 0 Å². The van der Waals surface area contributed by atoms with Crippen LogP contribution in [0.5, 0.6) is 0 Å². The fraction of sp³-hybridized carbons (Fsp3) is 0.333. The Bertz CT molecular complexity index is 277. The molecule has 0 atom stereocenters. The molecule has 0 aliphatic carbocycles. The van der Waals surface area contributed by atoms with Crippen molar-refractivity contribution in [1.82, 2.24) is 5.32 Å². The van der Waals surface area contributed by atoms with E-state index in [4.69, 9.17) is 11.6 Å². The van der Waals surface area contributed by atoms with Crippen LogP contribution in [0.1, 0.15) is 17.5 Å². The number of alkyl halides is 1. The predicted molar refractivity (Wildman–Crippen MR) is 63.6 cm³/mol. The number of allylic oxidation sites excluding steroid dienone is 1. The van der Waals surface area contributed by atoms with Crippen molar-refractivity contribution in [2.24, 2.45) is 0 Å². The lowest BCUT2D eigenvalue weighted by atomic mass is 10.1. The summed E-state index contributed by atoms with van der Waals surface area (Å²) in [6, 6.07) is 8.52. The van der Waals surface area contributed by atoms with Gasteiger partial charge in [0.1, 0.15) is 0 Å². The molecule has 1 nitrogen and oxygen atoms in total. The maximum Gasteiger partial charge on any atom is 0.0258 e. The van der Waals surface area contributed by atoms with Crippen LogP contribution in [-0.2, 0) is 6.54 Å². The van der Waals surface area contributed by atoms with Crippen molar-refractivity contribution in [3.05, 3.63) is 41.5 Å². The molecule has 0 fully saturated rings. The van der Waals surface area contributed by atoms with E-state index in [9.17, 15) is 0 Å². The Morgan fingerprint density at radius 3 is 2.57 bits per heavy atom. The Morgan fingerprint density at radius 1 is 1.29 bits per heavy atom. The zero-order valence-electron chi connectivity index (χ0n) is 8.46. The summed E-state index contributed by atoms with van der Waals surface area (Å²) in [5, 5.41) is 3.12. The van der Waals surface area contributed by atoms with E-state index >= 15 is 0 Å². The molecule has 0 aliphatic rings. The molecule has 0 aliphatic heterocycles. The molecule has 0 unspecified atom stereocenters. The van der Waals surface area contributed by atoms with Crippen molar-refractivity contribution in [3.63, 3.8) is 0 Å². The first-order valence-corrected chi connectivity index (χ1v) is 5.36. The third kappa shape index (κ3) is 3.95. The molecular weight excluding hydrogens is 194 g/mol. The van der Waals surface area contributed by atoms with Gasteiger partial charge in [-0.05, 0) is 24.6 Å². The normalized spacial score (nSPS) is 11.0. The average Bonchev–Trinajstić information content (AvgIpc) is 2.21. The van der Waals surface area contributed by atoms with Crippen LogP contribution in [0, 0.1) is 0 Å². The Balaban J connectivity index is 2.54. The van der Waals surface area contributed by atoms with E-state index in [1.165, 1.54) is 11.1 Å². The first-order valence-electron chi connectivity index (χ1n) is 4.83. The molecule has 1 rings (SSSR count). The SMILES string of the molecule is CNCc1ccc(C=CCCCl)cc1. The first-order chi connectivity index (χ1) is 6.86. The van der Waals surface area contributed by atoms with Gasteiger partial charge in [0.2, 0.25) is 0 Å². The zero-order valence-corrected chi connectivity index (χ0v) is 9.22. The van der Waals surface area contributed by atoms with Crippen LogP contribution in [0.25, 0.3) is 6.08 Å². The summed E-state index contributed by atoms with van der Waals surface area (Å²) in [5.41, 5.74) is 2.54. The van der Waals surface area contributed by atoms with Crippen molar-refractivity contribution < 1.29 is 0 Å². The van der Waals surface area contributed by atoms with E-state index in [0.717, 1.165) is 13.0 Å². The smallest absolute Gasteiger partial charge is 0.0258 e. The van der Waals surface area contributed by atoms with Crippen LogP contribution in [0.3, 0.4) is 0 Å². The predicted octanol–water partition coefficient (Wildman–Crippen LogP) is 3.05. The molecule has 0 bridgehead atoms. The van der Waals surface area contributed by atoms with Crippen molar-refractivity contribution in [2.45, 2.75) is 13.0 Å². The number of rotatable bonds is 5. The first kappa shape index (κ1) is 11.3. The monoisotopic (exact) mass is 209 g/mol. The van der Waals surface area contributed by atoms with Gasteiger partial charge in [-0.3, -0.25) is 0 Å². The quantitative estimate of drug-likeness (QED) is 0.736. The molecule has 0 amide bonds. The van der Waals surface area contributed by atoms with Crippen molar-refractivity contribution in [2.75, 3.05) is 12.9 Å². The fourth-order valence-electron chi connectivity index (χ4n) is 1.23. The lowest BCUT2D eigenvalue weighted by Gasteiger charge is -1.99. The van der Waals surface area contributed by atoms with Crippen LogP contribution >= 0.6 is 11.6 Å². The van der Waals surface area contributed by atoms with Gasteiger partial charge < -0.3 is 5.32 Å². The minimum Gasteiger partial charge on any atom is -0.316 e. The highest BCUT2D eigenvalue weighted by molar-refractivity contribution is 6.17. The van der Waals surface area contributed by atoms with E-state index in [2.05, 4.69) is 41.7 Å². The molecule has 1 aromatic carbocycles. The van der Waals surface area contributed by atoms with E-state index in [1.54, 1.807) is 0 Å². The minimum atomic E-state index is 0.689. The van der Waals surface area contributed by atoms with E-state index in [1.807, 2.05) is 7.05 Å². The second kappa shape index (κ2) is 6.63. The lowest BCUT2D eigenvalue weighted by Crippen LogP contribution is -2.04. The Hall–Kier alpha value is -0.790. The molecule has 0 saturated carbocycles. The van der Waals surface area contributed by atoms with Crippen LogP contribution < -0.4 is 5.32 Å². The fourth-order valence-corrected chi connectivity index (χ4v) is 1.36. The molecule has 76 valence electrons. The standard InChI is InChI=1S/C12H16ClN/c1-14-10-12-7-5-11(6-8-12)4-2-3-9-13/h2,4-8,14H,3,9-10H2,1H3. The molecule has 14 heavy (non-hydrogen) atoms. The highest BCUT2D eigenvalue weighted by atomic mass is 35.5. The average molecular weight is 210 g/mol. The second-order valence-corrected chi connectivity index (χ2v) is 3.53. The molecular formula is C12H16ClN. The number of halogens is 1. The van der Waals surface area contributed by atoms with Gasteiger partial charge >= 0.3 is 0 Å².